The summed E-state index contributed by atoms with van der Waals surface area (Å²) < 4.78 is 63.1. The van der Waals surface area contributed by atoms with Crippen LogP contribution in [0.5, 0.6) is 17.2 Å². The summed E-state index contributed by atoms with van der Waals surface area (Å²) in [7, 11) is 4.88. The average molecular weight is 2150 g/mol. The zero-order valence-corrected chi connectivity index (χ0v) is 85.8. The van der Waals surface area contributed by atoms with E-state index in [1.54, 1.807) is 49.2 Å². The van der Waals surface area contributed by atoms with Crippen LogP contribution >= 0.6 is 92.8 Å². The van der Waals surface area contributed by atoms with Crippen molar-refractivity contribution in [2.75, 3.05) is 54.2 Å². The number of nitrogens with zero attached hydrogens (tertiary/aromatic N) is 15. The van der Waals surface area contributed by atoms with Gasteiger partial charge in [-0.3, -0.25) is 14.7 Å². The molecule has 4 aromatic heterocycles. The molecule has 0 aliphatic carbocycles. The summed E-state index contributed by atoms with van der Waals surface area (Å²) in [4.78, 5) is 66.3. The van der Waals surface area contributed by atoms with Crippen molar-refractivity contribution in [3.63, 3.8) is 0 Å². The van der Waals surface area contributed by atoms with Crippen LogP contribution in [0.4, 0.5) is 13.2 Å². The number of benzene rings is 11. The molecule has 15 rings (SSSR count). The average Bonchev–Trinajstić information content (AvgIpc) is 1.75. The van der Waals surface area contributed by atoms with E-state index in [9.17, 15) is 42.6 Å². The molecule has 762 valence electrons. The van der Waals surface area contributed by atoms with E-state index in [1.165, 1.54) is 0 Å². The van der Waals surface area contributed by atoms with Crippen LogP contribution in [0.15, 0.2) is 273 Å². The quantitative estimate of drug-likeness (QED) is 0.0258. The Morgan fingerprint density at radius 2 is 0.596 bits per heavy atom. The highest BCUT2D eigenvalue weighted by Gasteiger charge is 2.38. The number of hydrogen-bond donors (Lipinski definition) is 4. The van der Waals surface area contributed by atoms with Crippen LogP contribution in [0.2, 0.25) is 40.2 Å². The highest BCUT2D eigenvalue weighted by Crippen LogP contribution is 2.28. The summed E-state index contributed by atoms with van der Waals surface area (Å²) in [5, 5.41) is 66.6. The van der Waals surface area contributed by atoms with Gasteiger partial charge in [0.25, 0.3) is 0 Å². The van der Waals surface area contributed by atoms with Crippen molar-refractivity contribution in [2.45, 2.75) is 111 Å². The number of aromatic carboxylic acids is 2. The van der Waals surface area contributed by atoms with E-state index in [1.807, 2.05) is 279 Å². The second-order valence-corrected chi connectivity index (χ2v) is 36.2. The summed E-state index contributed by atoms with van der Waals surface area (Å²) in [6, 6.07) is 84.9. The van der Waals surface area contributed by atoms with E-state index in [4.69, 9.17) is 126 Å². The Bertz CT molecular complexity index is 6490. The maximum Gasteiger partial charge on any atom is 0.490 e. The summed E-state index contributed by atoms with van der Waals surface area (Å²) in [5.74, 6) is -3.62. The molecule has 4 heterocycles. The molecule has 0 unspecified atom stereocenters. The third-order valence-corrected chi connectivity index (χ3v) is 24.1. The monoisotopic (exact) mass is 2140 g/mol. The zero-order chi connectivity index (χ0) is 105. The lowest BCUT2D eigenvalue weighted by molar-refractivity contribution is -0.192. The Morgan fingerprint density at radius 1 is 0.342 bits per heavy atom. The number of alkyl halides is 3. The summed E-state index contributed by atoms with van der Waals surface area (Å²) >= 11 is 48.4. The molecule has 40 heteroatoms. The fourth-order valence-electron chi connectivity index (χ4n) is 14.7. The number of carbonyl (C=O) groups is 5. The Morgan fingerprint density at radius 3 is 0.884 bits per heavy atom. The van der Waals surface area contributed by atoms with Crippen LogP contribution in [-0.2, 0) is 106 Å². The predicted molar refractivity (Wildman–Crippen MR) is 556 cm³/mol. The van der Waals surface area contributed by atoms with E-state index in [-0.39, 0.29) is 36.0 Å². The number of aromatic amines is 1. The first-order valence-corrected chi connectivity index (χ1v) is 48.5. The van der Waals surface area contributed by atoms with Gasteiger partial charge in [0.15, 0.2) is 22.8 Å². The molecule has 0 fully saturated rings. The molecular weight excluding hydrogens is 2050 g/mol. The largest absolute Gasteiger partial charge is 0.497 e. The number of H-pyrrole nitrogens is 1. The number of methoxy groups -OCH3 is 3. The van der Waals surface area contributed by atoms with E-state index in [2.05, 4.69) is 65.9 Å². The first-order valence-electron chi connectivity index (χ1n) is 45.5. The van der Waals surface area contributed by atoms with E-state index in [0.717, 1.165) is 84.1 Å². The summed E-state index contributed by atoms with van der Waals surface area (Å²) in [6.45, 7) is 12.6. The molecule has 4 N–H and O–H groups in total. The molecule has 146 heavy (non-hydrogen) atoms. The molecule has 0 radical (unpaired) electrons. The fraction of sp³-hybridized carbons (Fsp3) is 0.236. The first kappa shape index (κ1) is 113. The van der Waals surface area contributed by atoms with Crippen LogP contribution in [0.1, 0.15) is 140 Å². The molecule has 0 aliphatic heterocycles. The molecular formula is C106H103Cl8F3N16O13. The molecule has 0 amide bonds. The number of esters is 2. The highest BCUT2D eigenvalue weighted by molar-refractivity contribution is 6.32. The number of nitrogens with one attached hydrogen (secondary N) is 1. The third kappa shape index (κ3) is 36.8. The van der Waals surface area contributed by atoms with Crippen molar-refractivity contribution >= 4 is 129 Å². The van der Waals surface area contributed by atoms with Gasteiger partial charge in [-0.05, 0) is 215 Å². The molecule has 0 spiro atoms. The number of rotatable bonds is 42. The zero-order valence-electron chi connectivity index (χ0n) is 79.8. The van der Waals surface area contributed by atoms with Crippen LogP contribution in [0.25, 0.3) is 6.08 Å². The molecule has 0 saturated carbocycles. The molecule has 29 nitrogen and oxygen atoms in total. The number of halogens is 11. The second-order valence-electron chi connectivity index (χ2n) is 32.7. The molecule has 15 aromatic rings. The van der Waals surface area contributed by atoms with E-state index < -0.39 is 36.0 Å². The van der Waals surface area contributed by atoms with Crippen molar-refractivity contribution in [2.24, 2.45) is 0 Å². The number of aromatic nitrogens is 12. The van der Waals surface area contributed by atoms with Gasteiger partial charge in [-0.2, -0.15) is 23.5 Å². The number of carboxylic acids is 3. The summed E-state index contributed by atoms with van der Waals surface area (Å²) in [6.07, 6.45) is 0.195. The highest BCUT2D eigenvalue weighted by atomic mass is 35.5. The molecule has 0 bridgehead atoms. The van der Waals surface area contributed by atoms with Crippen molar-refractivity contribution in [3.8, 4) is 17.2 Å². The normalized spacial score (nSPS) is 11.1. The molecule has 0 aliphatic rings. The topological polar surface area (TPSA) is 339 Å². The second kappa shape index (κ2) is 57.2. The minimum atomic E-state index is -5.08. The van der Waals surface area contributed by atoms with Crippen LogP contribution < -0.4 is 14.2 Å². The summed E-state index contributed by atoms with van der Waals surface area (Å²) in [5.41, 5.74) is 14.5. The smallest absolute Gasteiger partial charge is 0.490 e. The fourth-order valence-corrected chi connectivity index (χ4v) is 15.7. The van der Waals surface area contributed by atoms with Gasteiger partial charge in [-0.1, -0.05) is 242 Å². The molecule has 0 atom stereocenters. The van der Waals surface area contributed by atoms with E-state index in [0.29, 0.717) is 168 Å². The predicted octanol–water partition coefficient (Wildman–Crippen LogP) is 22.8. The van der Waals surface area contributed by atoms with Crippen molar-refractivity contribution in [1.29, 1.82) is 0 Å². The lowest BCUT2D eigenvalue weighted by Crippen LogP contribution is -2.27. The molecule has 0 saturated heterocycles. The van der Waals surface area contributed by atoms with Gasteiger partial charge in [0.05, 0.1) is 77.0 Å². The Balaban J connectivity index is 0.000000182. The Hall–Kier alpha value is -13.7. The maximum atomic E-state index is 12.7. The SMILES string of the molecule is CCOC(=O)c1nnn(Cc2ccc(OC)cc2)c1/C=C/N(Cc1ccc(Cl)cc1)Cc1ccc(Cl)cc1.CCOC(=O)c1nnn(Cc2ccc(OC)cc2)c1CCN(Cc1ccc(Cl)cc1)Cc1ccc(Cl)cc1.COc1ccc(Cn2nnc(C(=O)O)c2CCN(Cc2ccc(Cl)cc2)Cc2ccc(Cl)cc2)cc1.O=C(O)C(F)(F)F.O=C(O)c1n[nH]nc1CCN(Cc1ccc(Cl)cc1)Cc1ccc(Cl)cc1. The maximum absolute atomic E-state index is 12.7. The third-order valence-electron chi connectivity index (χ3n) is 22.1. The van der Waals surface area contributed by atoms with Crippen molar-refractivity contribution < 1.29 is 76.1 Å². The van der Waals surface area contributed by atoms with Crippen molar-refractivity contribution in [3.05, 3.63) is 420 Å². The number of hydrogen-bond acceptors (Lipinski definition) is 22. The number of ether oxygens (including phenoxy) is 5. The van der Waals surface area contributed by atoms with Crippen molar-refractivity contribution in [1.82, 2.24) is 80.0 Å². The minimum absolute atomic E-state index is 0.0264. The number of aliphatic carboxylic acids is 1. The number of carboxylic acid groups (broad SMARTS) is 3. The number of carbonyl (C=O) groups excluding carboxylic acids is 2. The van der Waals surface area contributed by atoms with E-state index >= 15 is 0 Å². The van der Waals surface area contributed by atoms with Crippen LogP contribution in [-0.4, -0.2) is 186 Å². The van der Waals surface area contributed by atoms with Gasteiger partial charge in [-0.25, -0.2) is 38.0 Å². The van der Waals surface area contributed by atoms with Gasteiger partial charge < -0.3 is 43.9 Å². The lowest BCUT2D eigenvalue weighted by Gasteiger charge is -2.23. The van der Waals surface area contributed by atoms with Gasteiger partial charge in [0.2, 0.25) is 0 Å². The first-order chi connectivity index (χ1) is 70.2. The standard InChI is InChI=1S/C29H30Cl2N4O3.C29H28Cl2N4O3.C27H26Cl2N4O3.C19H18Cl2N4O2.C2HF3O2/c2*1-3-38-29(36)28-27(35(33-32-28)20-23-8-14-26(37-2)15-9-23)16-17-34(18-21-4-10-24(30)11-5-21)19-22-6-12-25(31)13-7-22;1-36-24-12-6-21(7-13-24)18-33-25(26(27(34)35)30-31-33)14-15-32(16-19-2-8-22(28)9-3-19)17-20-4-10-23(29)11-5-20;20-15-5-1-13(2-6-15)11-25(12-14-3-7-16(21)8-4-14)10-9-17-18(19(26)27)23-24-22-17;3-2(4,5)1(6)7/h4-15H,3,16-20H2,1-2H3;4-17H,3,18-20H2,1-2H3;2-13H,14-18H2,1H3,(H,34,35);1-8H,9-12H2,(H,26,27)(H,22,23,24);(H,6,7)/b;17-16+;;;. The van der Waals surface area contributed by atoms with Gasteiger partial charge in [0.1, 0.15) is 17.2 Å². The van der Waals surface area contributed by atoms with Gasteiger partial charge in [-0.15, -0.1) is 20.4 Å². The molecule has 11 aromatic carbocycles. The van der Waals surface area contributed by atoms with Crippen LogP contribution in [0.3, 0.4) is 0 Å². The minimum Gasteiger partial charge on any atom is -0.497 e. The van der Waals surface area contributed by atoms with Gasteiger partial charge >= 0.3 is 36.0 Å². The Labute approximate surface area is 881 Å². The van der Waals surface area contributed by atoms with Crippen LogP contribution in [0, 0.1) is 0 Å². The van der Waals surface area contributed by atoms with Gasteiger partial charge in [0, 0.05) is 138 Å². The Kier molecular flexibility index (Phi) is 44.1. The lowest BCUT2D eigenvalue weighted by atomic mass is 10.1.